The van der Waals surface area contributed by atoms with Crippen LogP contribution in [0.3, 0.4) is 0 Å². The summed E-state index contributed by atoms with van der Waals surface area (Å²) in [6.07, 6.45) is 5.27. The first-order valence-electron chi connectivity index (χ1n) is 4.99. The van der Waals surface area contributed by atoms with Crippen molar-refractivity contribution in [2.24, 2.45) is 5.92 Å². The van der Waals surface area contributed by atoms with Crippen LogP contribution in [-0.2, 0) is 0 Å². The van der Waals surface area contributed by atoms with Gasteiger partial charge >= 0.3 is 0 Å². The van der Waals surface area contributed by atoms with Gasteiger partial charge in [-0.05, 0) is 38.2 Å². The van der Waals surface area contributed by atoms with Gasteiger partial charge in [-0.2, -0.15) is 0 Å². The van der Waals surface area contributed by atoms with Gasteiger partial charge in [-0.15, -0.1) is 6.58 Å². The molecule has 0 aromatic carbocycles. The number of hydrogen-bond donors (Lipinski definition) is 0. The fourth-order valence-corrected chi connectivity index (χ4v) is 1.36. The second-order valence-electron chi connectivity index (χ2n) is 3.68. The quantitative estimate of drug-likeness (QED) is 0.540. The largest absolute Gasteiger partial charge is 0.246 e. The molecule has 76 valence electrons. The molecule has 0 amide bonds. The van der Waals surface area contributed by atoms with E-state index in [0.717, 1.165) is 18.4 Å². The van der Waals surface area contributed by atoms with Crippen LogP contribution >= 0.6 is 0 Å². The maximum atomic E-state index is 12.3. The zero-order chi connectivity index (χ0) is 10.3. The van der Waals surface area contributed by atoms with E-state index in [9.17, 15) is 4.39 Å². The number of halogens is 1. The molecular formula is C12H21F. The Hall–Kier alpha value is -0.590. The van der Waals surface area contributed by atoms with Gasteiger partial charge in [0.05, 0.1) is 0 Å². The Kier molecular flexibility index (Phi) is 6.56. The van der Waals surface area contributed by atoms with Crippen molar-refractivity contribution in [2.45, 2.75) is 40.0 Å². The average Bonchev–Trinajstić information content (AvgIpc) is 2.15. The van der Waals surface area contributed by atoms with Gasteiger partial charge in [-0.3, -0.25) is 0 Å². The maximum absolute atomic E-state index is 12.3. The third-order valence-electron chi connectivity index (χ3n) is 2.49. The molecule has 13 heavy (non-hydrogen) atoms. The summed E-state index contributed by atoms with van der Waals surface area (Å²) in [6.45, 7) is 9.53. The summed E-state index contributed by atoms with van der Waals surface area (Å²) in [5.41, 5.74) is 2.06. The minimum Gasteiger partial charge on any atom is -0.246 e. The second-order valence-corrected chi connectivity index (χ2v) is 3.68. The van der Waals surface area contributed by atoms with Crippen molar-refractivity contribution in [1.82, 2.24) is 0 Å². The summed E-state index contributed by atoms with van der Waals surface area (Å²) < 4.78 is 12.3. The molecule has 1 unspecified atom stereocenters. The van der Waals surface area contributed by atoms with Crippen LogP contribution in [0, 0.1) is 5.92 Å². The predicted octanol–water partition coefficient (Wildman–Crippen LogP) is 4.28. The van der Waals surface area contributed by atoms with Gasteiger partial charge < -0.3 is 0 Å². The highest BCUT2D eigenvalue weighted by atomic mass is 19.1. The molecule has 0 saturated heterocycles. The van der Waals surface area contributed by atoms with E-state index in [-0.39, 0.29) is 6.67 Å². The van der Waals surface area contributed by atoms with Gasteiger partial charge in [-0.1, -0.05) is 25.0 Å². The Morgan fingerprint density at radius 2 is 2.00 bits per heavy atom. The first-order chi connectivity index (χ1) is 6.15. The van der Waals surface area contributed by atoms with E-state index in [1.165, 1.54) is 12.0 Å². The Labute approximate surface area is 81.5 Å². The Balaban J connectivity index is 4.14. The van der Waals surface area contributed by atoms with E-state index in [0.29, 0.717) is 5.92 Å². The van der Waals surface area contributed by atoms with Crippen LogP contribution < -0.4 is 0 Å². The second kappa shape index (κ2) is 6.88. The van der Waals surface area contributed by atoms with E-state index in [2.05, 4.69) is 13.5 Å². The van der Waals surface area contributed by atoms with Crippen LogP contribution in [0.4, 0.5) is 4.39 Å². The van der Waals surface area contributed by atoms with Crippen molar-refractivity contribution < 1.29 is 4.39 Å². The minimum atomic E-state index is -0.318. The van der Waals surface area contributed by atoms with Gasteiger partial charge in [0, 0.05) is 0 Å². The van der Waals surface area contributed by atoms with Gasteiger partial charge in [0.2, 0.25) is 0 Å². The molecule has 0 N–H and O–H groups in total. The molecule has 1 heteroatoms. The van der Waals surface area contributed by atoms with E-state index >= 15 is 0 Å². The third-order valence-corrected chi connectivity index (χ3v) is 2.49. The van der Waals surface area contributed by atoms with E-state index in [1.54, 1.807) is 0 Å². The third kappa shape index (κ3) is 4.87. The molecule has 0 aliphatic heterocycles. The number of alkyl halides is 1. The van der Waals surface area contributed by atoms with Gasteiger partial charge in [0.15, 0.2) is 0 Å². The summed E-state index contributed by atoms with van der Waals surface area (Å²) in [7, 11) is 0. The fourth-order valence-electron chi connectivity index (χ4n) is 1.36. The molecule has 1 atom stereocenters. The number of allylic oxidation sites excluding steroid dienone is 3. The molecule has 0 spiro atoms. The van der Waals surface area contributed by atoms with E-state index in [1.807, 2.05) is 19.9 Å². The monoisotopic (exact) mass is 184 g/mol. The van der Waals surface area contributed by atoms with Crippen LogP contribution in [0.25, 0.3) is 0 Å². The standard InChI is InChI=1S/C12H21F/c1-5-7-12(6-2)8-10(3)11(4)9-13/h6,12H,2,5,7-9H2,1,3-4H3/b11-10-. The average molecular weight is 184 g/mol. The lowest BCUT2D eigenvalue weighted by atomic mass is 9.94. The summed E-state index contributed by atoms with van der Waals surface area (Å²) in [5.74, 6) is 0.520. The normalized spacial score (nSPS) is 15.1. The fraction of sp³-hybridized carbons (Fsp3) is 0.667. The summed E-state index contributed by atoms with van der Waals surface area (Å²) >= 11 is 0. The lowest BCUT2D eigenvalue weighted by Crippen LogP contribution is -1.98. The van der Waals surface area contributed by atoms with Crippen LogP contribution in [0.1, 0.15) is 40.0 Å². The highest BCUT2D eigenvalue weighted by Gasteiger charge is 2.05. The summed E-state index contributed by atoms with van der Waals surface area (Å²) in [5, 5.41) is 0. The van der Waals surface area contributed by atoms with Gasteiger partial charge in [0.1, 0.15) is 6.67 Å². The molecule has 0 aromatic heterocycles. The SMILES string of the molecule is C=CC(CCC)C/C(C)=C(/C)CF. The molecule has 0 fully saturated rings. The van der Waals surface area contributed by atoms with Crippen LogP contribution in [0.5, 0.6) is 0 Å². The van der Waals surface area contributed by atoms with E-state index < -0.39 is 0 Å². The van der Waals surface area contributed by atoms with Gasteiger partial charge in [0.25, 0.3) is 0 Å². The smallest absolute Gasteiger partial charge is 0.110 e. The van der Waals surface area contributed by atoms with Crippen molar-refractivity contribution in [1.29, 1.82) is 0 Å². The first kappa shape index (κ1) is 12.4. The lowest BCUT2D eigenvalue weighted by molar-refractivity contribution is 0.528. The lowest BCUT2D eigenvalue weighted by Gasteiger charge is -2.12. The van der Waals surface area contributed by atoms with Crippen LogP contribution in [-0.4, -0.2) is 6.67 Å². The number of hydrogen-bond acceptors (Lipinski definition) is 0. The molecule has 0 rings (SSSR count). The van der Waals surface area contributed by atoms with Crippen LogP contribution in [0.15, 0.2) is 23.8 Å². The Morgan fingerprint density at radius 3 is 2.38 bits per heavy atom. The van der Waals surface area contributed by atoms with Crippen molar-refractivity contribution in [3.8, 4) is 0 Å². The molecular weight excluding hydrogens is 163 g/mol. The van der Waals surface area contributed by atoms with E-state index in [4.69, 9.17) is 0 Å². The minimum absolute atomic E-state index is 0.318. The molecule has 0 aromatic rings. The summed E-state index contributed by atoms with van der Waals surface area (Å²) in [6, 6.07) is 0. The van der Waals surface area contributed by atoms with Gasteiger partial charge in [-0.25, -0.2) is 4.39 Å². The van der Waals surface area contributed by atoms with Crippen molar-refractivity contribution in [3.05, 3.63) is 23.8 Å². The highest BCUT2D eigenvalue weighted by Crippen LogP contribution is 2.20. The molecule has 0 saturated carbocycles. The molecule has 0 bridgehead atoms. The molecule has 0 aliphatic carbocycles. The molecule has 0 heterocycles. The molecule has 0 radical (unpaired) electrons. The molecule has 0 aliphatic rings. The van der Waals surface area contributed by atoms with Crippen molar-refractivity contribution in [2.75, 3.05) is 6.67 Å². The van der Waals surface area contributed by atoms with Crippen molar-refractivity contribution in [3.63, 3.8) is 0 Å². The molecule has 0 nitrogen and oxygen atoms in total. The zero-order valence-corrected chi connectivity index (χ0v) is 9.07. The highest BCUT2D eigenvalue weighted by molar-refractivity contribution is 5.11. The van der Waals surface area contributed by atoms with Crippen LogP contribution in [0.2, 0.25) is 0 Å². The topological polar surface area (TPSA) is 0 Å². The number of rotatable bonds is 6. The van der Waals surface area contributed by atoms with Crippen molar-refractivity contribution >= 4 is 0 Å². The Morgan fingerprint density at radius 1 is 1.38 bits per heavy atom. The predicted molar refractivity (Wildman–Crippen MR) is 57.6 cm³/mol. The first-order valence-corrected chi connectivity index (χ1v) is 4.99. The Bertz CT molecular complexity index is 180. The maximum Gasteiger partial charge on any atom is 0.110 e. The summed E-state index contributed by atoms with van der Waals surface area (Å²) in [4.78, 5) is 0. The zero-order valence-electron chi connectivity index (χ0n) is 9.07.